The van der Waals surface area contributed by atoms with Crippen molar-refractivity contribution in [1.82, 2.24) is 34.0 Å². The second kappa shape index (κ2) is 10.9. The fraction of sp³-hybridized carbons (Fsp3) is 0.258. The molecule has 3 aromatic carbocycles. The van der Waals surface area contributed by atoms with Crippen LogP contribution in [0, 0.1) is 6.92 Å². The highest BCUT2D eigenvalue weighted by molar-refractivity contribution is 7.99. The molecule has 1 saturated heterocycles. The van der Waals surface area contributed by atoms with Gasteiger partial charge in [-0.05, 0) is 43.3 Å². The van der Waals surface area contributed by atoms with E-state index >= 15 is 0 Å². The largest absolute Gasteiger partial charge is 0.368 e. The molecule has 1 fully saturated rings. The molecule has 10 heteroatoms. The van der Waals surface area contributed by atoms with Gasteiger partial charge in [0.05, 0.1) is 22.3 Å². The number of amides is 1. The zero-order chi connectivity index (χ0) is 27.8. The SMILES string of the molecule is Cc1nc2ccccc2n1CCc1nc2c3ccccc3nc(SCC(=O)N3CCN(c4ccccc4)CC3)n2n1. The molecule has 0 N–H and O–H groups in total. The molecule has 0 aliphatic carbocycles. The molecular formula is C31H30N8OS. The van der Waals surface area contributed by atoms with Gasteiger partial charge in [0.15, 0.2) is 16.6 Å². The molecule has 0 unspecified atom stereocenters. The lowest BCUT2D eigenvalue weighted by Gasteiger charge is -2.36. The van der Waals surface area contributed by atoms with Gasteiger partial charge in [-0.15, -0.1) is 5.10 Å². The number of piperazine rings is 1. The summed E-state index contributed by atoms with van der Waals surface area (Å²) in [6, 6.07) is 26.5. The lowest BCUT2D eigenvalue weighted by Crippen LogP contribution is -2.49. The van der Waals surface area contributed by atoms with Crippen molar-refractivity contribution >= 4 is 50.9 Å². The quantitative estimate of drug-likeness (QED) is 0.207. The highest BCUT2D eigenvalue weighted by Gasteiger charge is 2.22. The Morgan fingerprint density at radius 2 is 1.56 bits per heavy atom. The van der Waals surface area contributed by atoms with E-state index in [0.717, 1.165) is 58.9 Å². The van der Waals surface area contributed by atoms with Gasteiger partial charge in [-0.2, -0.15) is 4.52 Å². The summed E-state index contributed by atoms with van der Waals surface area (Å²) >= 11 is 1.43. The Balaban J connectivity index is 1.09. The number of anilines is 1. The van der Waals surface area contributed by atoms with Crippen LogP contribution in [0.3, 0.4) is 0 Å². The molecule has 0 radical (unpaired) electrons. The van der Waals surface area contributed by atoms with Gasteiger partial charge in [-0.25, -0.2) is 15.0 Å². The maximum absolute atomic E-state index is 13.2. The van der Waals surface area contributed by atoms with Crippen LogP contribution in [0.5, 0.6) is 0 Å². The molecule has 7 rings (SSSR count). The highest BCUT2D eigenvalue weighted by Crippen LogP contribution is 2.25. The molecule has 6 aromatic rings. The van der Waals surface area contributed by atoms with Gasteiger partial charge < -0.3 is 14.4 Å². The smallest absolute Gasteiger partial charge is 0.233 e. The van der Waals surface area contributed by atoms with Gasteiger partial charge in [-0.1, -0.05) is 54.2 Å². The summed E-state index contributed by atoms with van der Waals surface area (Å²) < 4.78 is 4.02. The predicted octanol–water partition coefficient (Wildman–Crippen LogP) is 4.62. The molecule has 0 saturated carbocycles. The van der Waals surface area contributed by atoms with Crippen molar-refractivity contribution in [2.45, 2.75) is 25.0 Å². The van der Waals surface area contributed by atoms with E-state index in [2.05, 4.69) is 44.8 Å². The summed E-state index contributed by atoms with van der Waals surface area (Å²) in [7, 11) is 0. The van der Waals surface area contributed by atoms with Crippen LogP contribution in [-0.4, -0.2) is 71.9 Å². The van der Waals surface area contributed by atoms with Crippen LogP contribution in [-0.2, 0) is 17.8 Å². The molecule has 1 aliphatic rings. The number of carbonyl (C=O) groups excluding carboxylic acids is 1. The molecule has 0 bridgehead atoms. The monoisotopic (exact) mass is 562 g/mol. The van der Waals surface area contributed by atoms with E-state index in [9.17, 15) is 4.79 Å². The summed E-state index contributed by atoms with van der Waals surface area (Å²) in [6.45, 7) is 5.84. The van der Waals surface area contributed by atoms with Crippen molar-refractivity contribution < 1.29 is 4.79 Å². The predicted molar refractivity (Wildman–Crippen MR) is 162 cm³/mol. The van der Waals surface area contributed by atoms with Crippen LogP contribution in [0.2, 0.25) is 0 Å². The third kappa shape index (κ3) is 4.99. The summed E-state index contributed by atoms with van der Waals surface area (Å²) in [5.74, 6) is 2.14. The van der Waals surface area contributed by atoms with Crippen molar-refractivity contribution in [2.24, 2.45) is 0 Å². The third-order valence-electron chi connectivity index (χ3n) is 7.68. The first-order valence-electron chi connectivity index (χ1n) is 13.9. The zero-order valence-electron chi connectivity index (χ0n) is 22.8. The highest BCUT2D eigenvalue weighted by atomic mass is 32.2. The van der Waals surface area contributed by atoms with Crippen LogP contribution < -0.4 is 4.90 Å². The van der Waals surface area contributed by atoms with Gasteiger partial charge in [-0.3, -0.25) is 4.79 Å². The number of para-hydroxylation sites is 4. The van der Waals surface area contributed by atoms with Gasteiger partial charge in [0.2, 0.25) is 5.91 Å². The first-order chi connectivity index (χ1) is 20.1. The van der Waals surface area contributed by atoms with E-state index in [4.69, 9.17) is 15.1 Å². The Hall–Kier alpha value is -4.44. The lowest BCUT2D eigenvalue weighted by molar-refractivity contribution is -0.128. The first-order valence-corrected chi connectivity index (χ1v) is 14.9. The number of fused-ring (bicyclic) bond motifs is 4. The van der Waals surface area contributed by atoms with Gasteiger partial charge >= 0.3 is 0 Å². The van der Waals surface area contributed by atoms with E-state index in [-0.39, 0.29) is 5.91 Å². The third-order valence-corrected chi connectivity index (χ3v) is 8.59. The fourth-order valence-electron chi connectivity index (χ4n) is 5.53. The molecular weight excluding hydrogens is 532 g/mol. The van der Waals surface area contributed by atoms with Crippen LogP contribution in [0.4, 0.5) is 5.69 Å². The van der Waals surface area contributed by atoms with Gasteiger partial charge in [0, 0.05) is 50.2 Å². The van der Waals surface area contributed by atoms with E-state index in [0.29, 0.717) is 30.4 Å². The van der Waals surface area contributed by atoms with Crippen molar-refractivity contribution in [3.63, 3.8) is 0 Å². The second-order valence-electron chi connectivity index (χ2n) is 10.2. The molecule has 4 heterocycles. The molecule has 1 amide bonds. The molecule has 41 heavy (non-hydrogen) atoms. The topological polar surface area (TPSA) is 84.5 Å². The van der Waals surface area contributed by atoms with Crippen molar-refractivity contribution in [3.05, 3.63) is 90.5 Å². The number of thioether (sulfide) groups is 1. The number of hydrogen-bond donors (Lipinski definition) is 0. The Labute approximate surface area is 241 Å². The van der Waals surface area contributed by atoms with Crippen LogP contribution in [0.15, 0.2) is 84.0 Å². The van der Waals surface area contributed by atoms with Crippen LogP contribution >= 0.6 is 11.8 Å². The number of carbonyl (C=O) groups is 1. The summed E-state index contributed by atoms with van der Waals surface area (Å²) in [5, 5.41) is 6.49. The molecule has 0 atom stereocenters. The Morgan fingerprint density at radius 1 is 0.829 bits per heavy atom. The minimum atomic E-state index is 0.119. The minimum absolute atomic E-state index is 0.119. The van der Waals surface area contributed by atoms with Crippen molar-refractivity contribution in [3.8, 4) is 0 Å². The maximum Gasteiger partial charge on any atom is 0.233 e. The van der Waals surface area contributed by atoms with E-state index < -0.39 is 0 Å². The lowest BCUT2D eigenvalue weighted by atomic mass is 10.2. The summed E-state index contributed by atoms with van der Waals surface area (Å²) in [4.78, 5) is 32.0. The summed E-state index contributed by atoms with van der Waals surface area (Å²) in [6.07, 6.45) is 0.659. The standard InChI is InChI=1S/C31H30N8OS/c1-22-32-26-13-7-8-14-27(26)38(22)16-15-28-34-30-24-11-5-6-12-25(24)33-31(39(30)35-28)41-21-29(40)37-19-17-36(18-20-37)23-9-3-2-4-10-23/h2-14H,15-21H2,1H3. The molecule has 9 nitrogen and oxygen atoms in total. The first kappa shape index (κ1) is 25.5. The average Bonchev–Trinajstić information content (AvgIpc) is 3.59. The van der Waals surface area contributed by atoms with Crippen LogP contribution in [0.25, 0.3) is 27.6 Å². The Morgan fingerprint density at radius 3 is 2.39 bits per heavy atom. The number of aryl methyl sites for hydroxylation is 3. The Bertz CT molecular complexity index is 1860. The van der Waals surface area contributed by atoms with Gasteiger partial charge in [0.1, 0.15) is 5.82 Å². The number of aromatic nitrogens is 6. The number of benzene rings is 3. The van der Waals surface area contributed by atoms with E-state index in [1.165, 1.54) is 17.4 Å². The number of rotatable bonds is 7. The molecule has 206 valence electrons. The normalized spacial score (nSPS) is 14.0. The Kier molecular flexibility index (Phi) is 6.76. The fourth-order valence-corrected chi connectivity index (χ4v) is 6.38. The molecule has 3 aromatic heterocycles. The number of hydrogen-bond acceptors (Lipinski definition) is 7. The zero-order valence-corrected chi connectivity index (χ0v) is 23.7. The van der Waals surface area contributed by atoms with E-state index in [1.807, 2.05) is 64.9 Å². The number of nitrogens with zero attached hydrogens (tertiary/aromatic N) is 8. The van der Waals surface area contributed by atoms with Crippen LogP contribution in [0.1, 0.15) is 11.6 Å². The second-order valence-corrected chi connectivity index (χ2v) is 11.2. The average molecular weight is 563 g/mol. The number of imidazole rings is 1. The van der Waals surface area contributed by atoms with Crippen molar-refractivity contribution in [2.75, 3.05) is 36.8 Å². The van der Waals surface area contributed by atoms with Crippen molar-refractivity contribution in [1.29, 1.82) is 0 Å². The van der Waals surface area contributed by atoms with Gasteiger partial charge in [0.25, 0.3) is 0 Å². The molecule has 1 aliphatic heterocycles. The van der Waals surface area contributed by atoms with E-state index in [1.54, 1.807) is 0 Å². The molecule has 0 spiro atoms. The minimum Gasteiger partial charge on any atom is -0.368 e. The maximum atomic E-state index is 13.2. The summed E-state index contributed by atoms with van der Waals surface area (Å²) in [5.41, 5.74) is 4.93.